The highest BCUT2D eigenvalue weighted by Gasteiger charge is 2.32. The number of rotatable bonds is 2. The fraction of sp³-hybridized carbons (Fsp3) is 0.235. The van der Waals surface area contributed by atoms with Gasteiger partial charge in [-0.2, -0.15) is 0 Å². The number of carbonyl (C=O) groups is 1. The molecule has 108 valence electrons. The van der Waals surface area contributed by atoms with Crippen molar-refractivity contribution in [2.75, 3.05) is 23.9 Å². The molecule has 1 atom stereocenters. The smallest absolute Gasteiger partial charge is 0.248 e. The number of para-hydroxylation sites is 1. The summed E-state index contributed by atoms with van der Waals surface area (Å²) in [6, 6.07) is 13.7. The monoisotopic (exact) mass is 281 g/mol. The number of likely N-dealkylation sites (N-methyl/N-ethyl adjacent to an activating group) is 1. The largest absolute Gasteiger partial charge is 0.344 e. The van der Waals surface area contributed by atoms with Crippen molar-refractivity contribution in [3.8, 4) is 0 Å². The van der Waals surface area contributed by atoms with Crippen LogP contribution in [-0.2, 0) is 4.79 Å². The highest BCUT2D eigenvalue weighted by Crippen LogP contribution is 2.37. The van der Waals surface area contributed by atoms with E-state index in [1.807, 2.05) is 37.4 Å². The number of aryl methyl sites for hydroxylation is 1. The number of anilines is 3. The van der Waals surface area contributed by atoms with Crippen LogP contribution in [0.4, 0.5) is 17.1 Å². The lowest BCUT2D eigenvalue weighted by atomic mass is 10.1. The molecule has 0 spiro atoms. The van der Waals surface area contributed by atoms with E-state index in [9.17, 15) is 4.79 Å². The summed E-state index contributed by atoms with van der Waals surface area (Å²) in [5, 5.41) is 0. The molecular weight excluding hydrogens is 262 g/mol. The molecule has 0 radical (unpaired) electrons. The minimum absolute atomic E-state index is 0.0549. The first-order valence-corrected chi connectivity index (χ1v) is 6.97. The average Bonchev–Trinajstić information content (AvgIpc) is 2.71. The Bertz CT molecular complexity index is 711. The Morgan fingerprint density at radius 2 is 1.90 bits per heavy atom. The molecule has 1 unspecified atom stereocenters. The average molecular weight is 281 g/mol. The number of nitrogens with two attached hydrogens (primary N) is 1. The first-order chi connectivity index (χ1) is 10.0. The molecule has 0 aliphatic carbocycles. The van der Waals surface area contributed by atoms with E-state index in [0.717, 1.165) is 22.6 Å². The highest BCUT2D eigenvalue weighted by atomic mass is 16.2. The van der Waals surface area contributed by atoms with Gasteiger partial charge in [0.15, 0.2) is 0 Å². The number of benzene rings is 2. The van der Waals surface area contributed by atoms with Crippen molar-refractivity contribution in [2.45, 2.75) is 13.0 Å². The second kappa shape index (κ2) is 4.90. The van der Waals surface area contributed by atoms with E-state index in [4.69, 9.17) is 5.73 Å². The zero-order valence-corrected chi connectivity index (χ0v) is 12.5. The number of fused-ring (bicyclic) bond motifs is 1. The van der Waals surface area contributed by atoms with Crippen LogP contribution in [0.3, 0.4) is 0 Å². The van der Waals surface area contributed by atoms with E-state index < -0.39 is 6.04 Å². The number of carbonyl (C=O) groups excluding carboxylic acids is 1. The van der Waals surface area contributed by atoms with Crippen molar-refractivity contribution in [2.24, 2.45) is 5.73 Å². The lowest BCUT2D eigenvalue weighted by Gasteiger charge is -2.23. The summed E-state index contributed by atoms with van der Waals surface area (Å²) in [5.41, 5.74) is 11.1. The van der Waals surface area contributed by atoms with Crippen molar-refractivity contribution >= 4 is 23.0 Å². The van der Waals surface area contributed by atoms with Crippen LogP contribution in [0.2, 0.25) is 0 Å². The Kier molecular flexibility index (Phi) is 3.18. The maximum Gasteiger partial charge on any atom is 0.248 e. The molecule has 21 heavy (non-hydrogen) atoms. The number of hydrogen-bond acceptors (Lipinski definition) is 3. The van der Waals surface area contributed by atoms with E-state index in [1.165, 1.54) is 5.56 Å². The summed E-state index contributed by atoms with van der Waals surface area (Å²) in [6.07, 6.45) is 0. The fourth-order valence-electron chi connectivity index (χ4n) is 2.83. The van der Waals surface area contributed by atoms with Gasteiger partial charge in [-0.15, -0.1) is 0 Å². The predicted octanol–water partition coefficient (Wildman–Crippen LogP) is 2.74. The molecule has 2 aromatic carbocycles. The van der Waals surface area contributed by atoms with Gasteiger partial charge in [0.05, 0.1) is 5.69 Å². The molecule has 0 aromatic heterocycles. The molecule has 0 saturated carbocycles. The van der Waals surface area contributed by atoms with Gasteiger partial charge in [0.2, 0.25) is 5.91 Å². The highest BCUT2D eigenvalue weighted by molar-refractivity contribution is 6.04. The Balaban J connectivity index is 2.03. The molecule has 4 nitrogen and oxygen atoms in total. The van der Waals surface area contributed by atoms with E-state index in [-0.39, 0.29) is 5.91 Å². The summed E-state index contributed by atoms with van der Waals surface area (Å²) in [6.45, 7) is 2.09. The standard InChI is InChI=1S/C17H19N3O/c1-11-6-4-5-7-14(11)19(2)12-8-9-13-15(10-12)20(3)17(21)16(13)18/h4-10,16H,18H2,1-3H3. The fourth-order valence-corrected chi connectivity index (χ4v) is 2.83. The molecular formula is C17H19N3O. The number of nitrogens with zero attached hydrogens (tertiary/aromatic N) is 2. The van der Waals surface area contributed by atoms with Crippen molar-refractivity contribution in [3.63, 3.8) is 0 Å². The molecule has 2 aromatic rings. The van der Waals surface area contributed by atoms with Crippen LogP contribution in [0.25, 0.3) is 0 Å². The Morgan fingerprint density at radius 3 is 2.62 bits per heavy atom. The third-order valence-electron chi connectivity index (χ3n) is 4.17. The first-order valence-electron chi connectivity index (χ1n) is 6.97. The maximum atomic E-state index is 12.0. The zero-order chi connectivity index (χ0) is 15.1. The van der Waals surface area contributed by atoms with Gasteiger partial charge in [-0.1, -0.05) is 24.3 Å². The van der Waals surface area contributed by atoms with Crippen LogP contribution in [0.1, 0.15) is 17.2 Å². The van der Waals surface area contributed by atoms with Gasteiger partial charge >= 0.3 is 0 Å². The maximum absolute atomic E-state index is 12.0. The molecule has 1 aliphatic heterocycles. The minimum Gasteiger partial charge on any atom is -0.344 e. The van der Waals surface area contributed by atoms with Gasteiger partial charge in [-0.3, -0.25) is 4.79 Å². The van der Waals surface area contributed by atoms with Gasteiger partial charge in [0.1, 0.15) is 6.04 Å². The summed E-state index contributed by atoms with van der Waals surface area (Å²) >= 11 is 0. The van der Waals surface area contributed by atoms with Crippen LogP contribution < -0.4 is 15.5 Å². The van der Waals surface area contributed by atoms with Gasteiger partial charge in [-0.25, -0.2) is 0 Å². The number of hydrogen-bond donors (Lipinski definition) is 1. The van der Waals surface area contributed by atoms with Crippen molar-refractivity contribution in [3.05, 3.63) is 53.6 Å². The predicted molar refractivity (Wildman–Crippen MR) is 86.0 cm³/mol. The Hall–Kier alpha value is -2.33. The van der Waals surface area contributed by atoms with Crippen molar-refractivity contribution in [1.82, 2.24) is 0 Å². The van der Waals surface area contributed by atoms with Gasteiger partial charge < -0.3 is 15.5 Å². The van der Waals surface area contributed by atoms with Crippen molar-refractivity contribution in [1.29, 1.82) is 0 Å². The summed E-state index contributed by atoms with van der Waals surface area (Å²) < 4.78 is 0. The molecule has 1 heterocycles. The van der Waals surface area contributed by atoms with Crippen LogP contribution in [0.15, 0.2) is 42.5 Å². The third kappa shape index (κ3) is 2.08. The minimum atomic E-state index is -0.539. The number of amides is 1. The van der Waals surface area contributed by atoms with E-state index in [1.54, 1.807) is 11.9 Å². The third-order valence-corrected chi connectivity index (χ3v) is 4.17. The molecule has 0 bridgehead atoms. The second-order valence-corrected chi connectivity index (χ2v) is 5.46. The van der Waals surface area contributed by atoms with Crippen LogP contribution in [-0.4, -0.2) is 20.0 Å². The lowest BCUT2D eigenvalue weighted by Crippen LogP contribution is -2.27. The zero-order valence-electron chi connectivity index (χ0n) is 12.5. The topological polar surface area (TPSA) is 49.6 Å². The Morgan fingerprint density at radius 1 is 1.19 bits per heavy atom. The first kappa shape index (κ1) is 13.6. The van der Waals surface area contributed by atoms with E-state index in [0.29, 0.717) is 0 Å². The summed E-state index contributed by atoms with van der Waals surface area (Å²) in [7, 11) is 3.80. The molecule has 1 aliphatic rings. The SMILES string of the molecule is Cc1ccccc1N(C)c1ccc2c(c1)N(C)C(=O)C2N. The molecule has 4 heteroatoms. The Labute approximate surface area is 124 Å². The molecule has 0 saturated heterocycles. The van der Waals surface area contributed by atoms with Crippen LogP contribution >= 0.6 is 0 Å². The lowest BCUT2D eigenvalue weighted by molar-refractivity contribution is -0.118. The van der Waals surface area contributed by atoms with Crippen LogP contribution in [0.5, 0.6) is 0 Å². The van der Waals surface area contributed by atoms with Gasteiger partial charge in [0, 0.05) is 31.0 Å². The summed E-state index contributed by atoms with van der Waals surface area (Å²) in [5.74, 6) is -0.0549. The van der Waals surface area contributed by atoms with Gasteiger partial charge in [-0.05, 0) is 30.7 Å². The van der Waals surface area contributed by atoms with E-state index >= 15 is 0 Å². The van der Waals surface area contributed by atoms with E-state index in [2.05, 4.69) is 24.0 Å². The molecule has 0 fully saturated rings. The molecule has 2 N–H and O–H groups in total. The molecule has 3 rings (SSSR count). The second-order valence-electron chi connectivity index (χ2n) is 5.46. The van der Waals surface area contributed by atoms with Gasteiger partial charge in [0.25, 0.3) is 0 Å². The quantitative estimate of drug-likeness (QED) is 0.921. The summed E-state index contributed by atoms with van der Waals surface area (Å²) in [4.78, 5) is 15.7. The van der Waals surface area contributed by atoms with Crippen molar-refractivity contribution < 1.29 is 4.79 Å². The molecule has 1 amide bonds. The normalized spacial score (nSPS) is 17.0. The van der Waals surface area contributed by atoms with Crippen LogP contribution in [0, 0.1) is 6.92 Å².